The number of amides is 1. The number of aryl methyl sites for hydroxylation is 1. The number of halogens is 1. The van der Waals surface area contributed by atoms with E-state index < -0.39 is 0 Å². The van der Waals surface area contributed by atoms with Gasteiger partial charge in [0, 0.05) is 22.6 Å². The molecule has 0 atom stereocenters. The lowest BCUT2D eigenvalue weighted by molar-refractivity contribution is -0.113. The number of aromatic nitrogens is 4. The zero-order valence-electron chi connectivity index (χ0n) is 17.3. The maximum absolute atomic E-state index is 12.4. The second-order valence-electron chi connectivity index (χ2n) is 6.99. The molecule has 7 nitrogen and oxygen atoms in total. The van der Waals surface area contributed by atoms with E-state index in [1.54, 1.807) is 6.20 Å². The van der Waals surface area contributed by atoms with Crippen LogP contribution in [0.1, 0.15) is 11.4 Å². The number of carbonyl (C=O) groups excluding carboxylic acids is 1. The standard InChI is InChI=1S/C23H21ClN6OS/c1-16-10-11-25-20(12-16)27-22(31)15-32-23-29-28-21(30(23)19-8-3-2-4-9-19)14-26-18-7-5-6-17(24)13-18/h2-13,26H,14-15H2,1H3,(H,25,27,31). The van der Waals surface area contributed by atoms with Gasteiger partial charge in [-0.3, -0.25) is 9.36 Å². The van der Waals surface area contributed by atoms with Gasteiger partial charge in [0.1, 0.15) is 5.82 Å². The van der Waals surface area contributed by atoms with Crippen molar-refractivity contribution in [2.45, 2.75) is 18.6 Å². The number of nitrogens with one attached hydrogen (secondary N) is 2. The van der Waals surface area contributed by atoms with E-state index >= 15 is 0 Å². The van der Waals surface area contributed by atoms with Crippen molar-refractivity contribution < 1.29 is 4.79 Å². The number of nitrogens with zero attached hydrogens (tertiary/aromatic N) is 4. The van der Waals surface area contributed by atoms with Crippen LogP contribution in [-0.4, -0.2) is 31.4 Å². The van der Waals surface area contributed by atoms with E-state index in [0.717, 1.165) is 22.8 Å². The molecule has 0 aliphatic carbocycles. The van der Waals surface area contributed by atoms with Crippen molar-refractivity contribution in [3.63, 3.8) is 0 Å². The van der Waals surface area contributed by atoms with Gasteiger partial charge in [0.05, 0.1) is 12.3 Å². The minimum absolute atomic E-state index is 0.158. The molecule has 0 fully saturated rings. The fourth-order valence-corrected chi connectivity index (χ4v) is 4.00. The summed E-state index contributed by atoms with van der Waals surface area (Å²) < 4.78 is 1.94. The summed E-state index contributed by atoms with van der Waals surface area (Å²) in [6.07, 6.45) is 1.67. The second-order valence-corrected chi connectivity index (χ2v) is 8.37. The van der Waals surface area contributed by atoms with Crippen LogP contribution < -0.4 is 10.6 Å². The minimum Gasteiger partial charge on any atom is -0.378 e. The molecule has 4 aromatic rings. The SMILES string of the molecule is Cc1ccnc(NC(=O)CSc2nnc(CNc3cccc(Cl)c3)n2-c2ccccc2)c1. The van der Waals surface area contributed by atoms with Crippen molar-refractivity contribution in [1.82, 2.24) is 19.7 Å². The zero-order valence-corrected chi connectivity index (χ0v) is 18.9. The first-order valence-electron chi connectivity index (χ1n) is 9.93. The molecular formula is C23H21ClN6OS. The highest BCUT2D eigenvalue weighted by molar-refractivity contribution is 7.99. The third kappa shape index (κ3) is 5.66. The van der Waals surface area contributed by atoms with Crippen molar-refractivity contribution in [2.24, 2.45) is 0 Å². The Bertz CT molecular complexity index is 1210. The number of hydrogen-bond acceptors (Lipinski definition) is 6. The molecule has 2 heterocycles. The summed E-state index contributed by atoms with van der Waals surface area (Å²) in [6.45, 7) is 2.40. The predicted molar refractivity (Wildman–Crippen MR) is 128 cm³/mol. The van der Waals surface area contributed by atoms with Crippen LogP contribution in [0.3, 0.4) is 0 Å². The van der Waals surface area contributed by atoms with Gasteiger partial charge in [-0.05, 0) is 55.0 Å². The summed E-state index contributed by atoms with van der Waals surface area (Å²) in [4.78, 5) is 16.6. The number of pyridine rings is 1. The Labute approximate surface area is 195 Å². The molecule has 0 bridgehead atoms. The average molecular weight is 465 g/mol. The maximum atomic E-state index is 12.4. The van der Waals surface area contributed by atoms with Crippen LogP contribution in [0.4, 0.5) is 11.5 Å². The Balaban J connectivity index is 1.49. The molecule has 2 aromatic heterocycles. The highest BCUT2D eigenvalue weighted by Crippen LogP contribution is 2.23. The lowest BCUT2D eigenvalue weighted by Crippen LogP contribution is -2.15. The van der Waals surface area contributed by atoms with Gasteiger partial charge < -0.3 is 10.6 Å². The van der Waals surface area contributed by atoms with Gasteiger partial charge in [-0.2, -0.15) is 0 Å². The highest BCUT2D eigenvalue weighted by atomic mass is 35.5. The summed E-state index contributed by atoms with van der Waals surface area (Å²) in [5.74, 6) is 1.28. The van der Waals surface area contributed by atoms with Crippen LogP contribution in [0.25, 0.3) is 5.69 Å². The number of carbonyl (C=O) groups is 1. The van der Waals surface area contributed by atoms with Crippen LogP contribution in [-0.2, 0) is 11.3 Å². The van der Waals surface area contributed by atoms with Crippen LogP contribution >= 0.6 is 23.4 Å². The molecular weight excluding hydrogens is 444 g/mol. The van der Waals surface area contributed by atoms with Crippen molar-refractivity contribution in [3.8, 4) is 5.69 Å². The molecule has 0 saturated carbocycles. The molecule has 1 amide bonds. The van der Waals surface area contributed by atoms with Gasteiger partial charge in [-0.15, -0.1) is 10.2 Å². The number of hydrogen-bond donors (Lipinski definition) is 2. The first kappa shape index (κ1) is 21.9. The van der Waals surface area contributed by atoms with E-state index in [0.29, 0.717) is 22.5 Å². The van der Waals surface area contributed by atoms with Gasteiger partial charge in [0.15, 0.2) is 11.0 Å². The summed E-state index contributed by atoms with van der Waals surface area (Å²) >= 11 is 7.40. The fourth-order valence-electron chi connectivity index (χ4n) is 3.04. The minimum atomic E-state index is -0.158. The van der Waals surface area contributed by atoms with Crippen LogP contribution in [0, 0.1) is 6.92 Å². The molecule has 0 saturated heterocycles. The van der Waals surface area contributed by atoms with E-state index in [1.807, 2.05) is 78.2 Å². The number of rotatable bonds is 8. The summed E-state index contributed by atoms with van der Waals surface area (Å²) in [7, 11) is 0. The Hall–Kier alpha value is -3.36. The van der Waals surface area contributed by atoms with Gasteiger partial charge >= 0.3 is 0 Å². The van der Waals surface area contributed by atoms with Gasteiger partial charge in [0.2, 0.25) is 5.91 Å². The Morgan fingerprint density at radius 2 is 1.91 bits per heavy atom. The van der Waals surface area contributed by atoms with E-state index in [1.165, 1.54) is 11.8 Å². The molecule has 0 unspecified atom stereocenters. The molecule has 0 radical (unpaired) electrons. The first-order chi connectivity index (χ1) is 15.6. The van der Waals surface area contributed by atoms with Crippen molar-refractivity contribution >= 4 is 40.8 Å². The van der Waals surface area contributed by atoms with Gasteiger partial charge in [-0.25, -0.2) is 4.98 Å². The topological polar surface area (TPSA) is 84.7 Å². The summed E-state index contributed by atoms with van der Waals surface area (Å²) in [6, 6.07) is 21.0. The summed E-state index contributed by atoms with van der Waals surface area (Å²) in [5, 5.41) is 16.1. The number of benzene rings is 2. The summed E-state index contributed by atoms with van der Waals surface area (Å²) in [5.41, 5.74) is 2.84. The van der Waals surface area contributed by atoms with Crippen molar-refractivity contribution in [1.29, 1.82) is 0 Å². The van der Waals surface area contributed by atoms with Crippen LogP contribution in [0.2, 0.25) is 5.02 Å². The van der Waals surface area contributed by atoms with Crippen LogP contribution in [0.5, 0.6) is 0 Å². The molecule has 0 spiro atoms. The van der Waals surface area contributed by atoms with Gasteiger partial charge in [-0.1, -0.05) is 47.6 Å². The largest absolute Gasteiger partial charge is 0.378 e. The number of para-hydroxylation sites is 1. The molecule has 2 aromatic carbocycles. The molecule has 0 aliphatic rings. The Morgan fingerprint density at radius 3 is 2.69 bits per heavy atom. The van der Waals surface area contributed by atoms with E-state index in [9.17, 15) is 4.79 Å². The highest BCUT2D eigenvalue weighted by Gasteiger charge is 2.16. The van der Waals surface area contributed by atoms with E-state index in [2.05, 4.69) is 25.8 Å². The molecule has 4 rings (SSSR count). The van der Waals surface area contributed by atoms with Gasteiger partial charge in [0.25, 0.3) is 0 Å². The third-order valence-corrected chi connectivity index (χ3v) is 5.67. The Kier molecular flexibility index (Phi) is 7.03. The quantitative estimate of drug-likeness (QED) is 0.358. The van der Waals surface area contributed by atoms with E-state index in [-0.39, 0.29) is 11.7 Å². The maximum Gasteiger partial charge on any atom is 0.236 e. The molecule has 32 heavy (non-hydrogen) atoms. The number of anilines is 2. The zero-order chi connectivity index (χ0) is 22.3. The average Bonchev–Trinajstić information content (AvgIpc) is 3.20. The van der Waals surface area contributed by atoms with Crippen molar-refractivity contribution in [2.75, 3.05) is 16.4 Å². The molecule has 162 valence electrons. The second kappa shape index (κ2) is 10.3. The third-order valence-electron chi connectivity index (χ3n) is 4.51. The van der Waals surface area contributed by atoms with Crippen LogP contribution in [0.15, 0.2) is 78.1 Å². The van der Waals surface area contributed by atoms with Crippen molar-refractivity contribution in [3.05, 3.63) is 89.3 Å². The molecule has 0 aliphatic heterocycles. The lowest BCUT2D eigenvalue weighted by atomic mass is 10.3. The molecule has 2 N–H and O–H groups in total. The smallest absolute Gasteiger partial charge is 0.236 e. The predicted octanol–water partition coefficient (Wildman–Crippen LogP) is 4.97. The normalized spacial score (nSPS) is 10.7. The first-order valence-corrected chi connectivity index (χ1v) is 11.3. The lowest BCUT2D eigenvalue weighted by Gasteiger charge is -2.11. The molecule has 9 heteroatoms. The Morgan fingerprint density at radius 1 is 1.06 bits per heavy atom. The number of thioether (sulfide) groups is 1. The monoisotopic (exact) mass is 464 g/mol. The fraction of sp³-hybridized carbons (Fsp3) is 0.130. The van der Waals surface area contributed by atoms with E-state index in [4.69, 9.17) is 11.6 Å².